The maximum absolute atomic E-state index is 14.1. The van der Waals surface area contributed by atoms with Crippen LogP contribution >= 0.6 is 0 Å². The van der Waals surface area contributed by atoms with E-state index in [0.29, 0.717) is 0 Å². The molecule has 1 aliphatic heterocycles. The van der Waals surface area contributed by atoms with E-state index in [1.54, 1.807) is 0 Å². The Balaban J connectivity index is 2.07. The van der Waals surface area contributed by atoms with E-state index in [-0.39, 0.29) is 11.6 Å². The first-order valence-corrected chi connectivity index (χ1v) is 9.08. The molecule has 1 aliphatic rings. The minimum absolute atomic E-state index is 0.0862. The van der Waals surface area contributed by atoms with Crippen LogP contribution in [0, 0.1) is 11.6 Å². The van der Waals surface area contributed by atoms with Gasteiger partial charge in [0.05, 0.1) is 0 Å². The highest BCUT2D eigenvalue weighted by Gasteiger charge is 2.50. The number of amides is 4. The molecule has 2 unspecified atom stereocenters. The molecule has 1 heterocycles. The van der Waals surface area contributed by atoms with Crippen LogP contribution in [0.15, 0.2) is 18.2 Å². The number of rotatable bonds is 8. The van der Waals surface area contributed by atoms with Crippen molar-refractivity contribution >= 4 is 17.8 Å². The van der Waals surface area contributed by atoms with Crippen molar-refractivity contribution in [2.75, 3.05) is 6.54 Å². The van der Waals surface area contributed by atoms with Gasteiger partial charge in [0.15, 0.2) is 0 Å². The molecule has 2 atom stereocenters. The molecule has 1 aromatic rings. The zero-order chi connectivity index (χ0) is 20.2. The van der Waals surface area contributed by atoms with Crippen LogP contribution in [0.4, 0.5) is 13.6 Å². The molecule has 0 spiro atoms. The Morgan fingerprint density at radius 1 is 1.30 bits per heavy atom. The molecular weight excluding hydrogens is 356 g/mol. The number of hydrogen-bond acceptors (Lipinski definition) is 3. The van der Waals surface area contributed by atoms with Gasteiger partial charge in [-0.15, -0.1) is 0 Å². The Morgan fingerprint density at radius 3 is 2.67 bits per heavy atom. The Morgan fingerprint density at radius 2 is 2.00 bits per heavy atom. The highest BCUT2D eigenvalue weighted by atomic mass is 19.1. The van der Waals surface area contributed by atoms with Crippen molar-refractivity contribution in [3.05, 3.63) is 35.4 Å². The predicted octanol–water partition coefficient (Wildman–Crippen LogP) is 2.82. The van der Waals surface area contributed by atoms with Crippen molar-refractivity contribution in [2.45, 2.75) is 58.0 Å². The first-order valence-electron chi connectivity index (χ1n) is 9.08. The van der Waals surface area contributed by atoms with Gasteiger partial charge < -0.3 is 10.6 Å². The average Bonchev–Trinajstić information content (AvgIpc) is 2.81. The Hall–Kier alpha value is -2.51. The van der Waals surface area contributed by atoms with Gasteiger partial charge in [0, 0.05) is 11.6 Å². The van der Waals surface area contributed by atoms with Gasteiger partial charge in [-0.1, -0.05) is 26.2 Å². The fourth-order valence-electron chi connectivity index (χ4n) is 3.14. The zero-order valence-electron chi connectivity index (χ0n) is 15.8. The topological polar surface area (TPSA) is 78.5 Å². The van der Waals surface area contributed by atoms with E-state index in [1.165, 1.54) is 6.92 Å². The van der Waals surface area contributed by atoms with E-state index in [1.807, 2.05) is 6.92 Å². The molecule has 0 aromatic heterocycles. The van der Waals surface area contributed by atoms with Crippen molar-refractivity contribution in [1.29, 1.82) is 0 Å². The van der Waals surface area contributed by atoms with Gasteiger partial charge in [-0.05, 0) is 38.5 Å². The molecule has 1 fully saturated rings. The number of benzene rings is 1. The van der Waals surface area contributed by atoms with E-state index in [9.17, 15) is 23.2 Å². The summed E-state index contributed by atoms with van der Waals surface area (Å²) in [5, 5.41) is 5.11. The summed E-state index contributed by atoms with van der Waals surface area (Å²) in [6, 6.07) is 1.78. The van der Waals surface area contributed by atoms with Gasteiger partial charge in [-0.3, -0.25) is 14.5 Å². The maximum atomic E-state index is 14.1. The number of hydrogen-bond donors (Lipinski definition) is 2. The van der Waals surface area contributed by atoms with Crippen molar-refractivity contribution < 1.29 is 23.2 Å². The zero-order valence-corrected chi connectivity index (χ0v) is 15.8. The van der Waals surface area contributed by atoms with E-state index in [0.717, 1.165) is 48.8 Å². The molecule has 4 amide bonds. The summed E-state index contributed by atoms with van der Waals surface area (Å²) in [5.74, 6) is -2.83. The summed E-state index contributed by atoms with van der Waals surface area (Å²) < 4.78 is 27.6. The third kappa shape index (κ3) is 4.61. The van der Waals surface area contributed by atoms with Crippen LogP contribution in [0.5, 0.6) is 0 Å². The molecule has 0 radical (unpaired) electrons. The first kappa shape index (κ1) is 20.8. The number of carbonyl (C=O) groups excluding carboxylic acids is 3. The molecule has 0 saturated carbocycles. The van der Waals surface area contributed by atoms with Crippen molar-refractivity contribution in [2.24, 2.45) is 0 Å². The Kier molecular flexibility index (Phi) is 6.51. The summed E-state index contributed by atoms with van der Waals surface area (Å²) >= 11 is 0. The number of nitrogens with one attached hydrogen (secondary N) is 2. The van der Waals surface area contributed by atoms with Crippen LogP contribution in [0.2, 0.25) is 0 Å². The Bertz CT molecular complexity index is 741. The lowest BCUT2D eigenvalue weighted by atomic mass is 9.91. The highest BCUT2D eigenvalue weighted by molar-refractivity contribution is 6.09. The molecule has 0 aliphatic carbocycles. The summed E-state index contributed by atoms with van der Waals surface area (Å²) in [4.78, 5) is 37.8. The third-order valence-electron chi connectivity index (χ3n) is 4.69. The average molecular weight is 381 g/mol. The molecule has 6 nitrogen and oxygen atoms in total. The number of urea groups is 1. The van der Waals surface area contributed by atoms with Gasteiger partial charge in [-0.25, -0.2) is 13.6 Å². The van der Waals surface area contributed by atoms with Crippen LogP contribution in [0.1, 0.15) is 52.0 Å². The summed E-state index contributed by atoms with van der Waals surface area (Å²) in [5.41, 5.74) is -2.05. The number of unbranched alkanes of at least 4 members (excludes halogenated alkanes) is 2. The van der Waals surface area contributed by atoms with E-state index >= 15 is 0 Å². The third-order valence-corrected chi connectivity index (χ3v) is 4.69. The summed E-state index contributed by atoms with van der Waals surface area (Å²) in [6.45, 7) is 4.75. The molecule has 1 aromatic carbocycles. The molecule has 2 N–H and O–H groups in total. The highest BCUT2D eigenvalue weighted by Crippen LogP contribution is 2.31. The molecule has 0 bridgehead atoms. The normalized spacial score (nSPS) is 20.6. The van der Waals surface area contributed by atoms with E-state index < -0.39 is 41.6 Å². The van der Waals surface area contributed by atoms with E-state index in [4.69, 9.17) is 0 Å². The minimum atomic E-state index is -1.77. The van der Waals surface area contributed by atoms with Crippen LogP contribution in [0.25, 0.3) is 0 Å². The largest absolute Gasteiger partial charge is 0.352 e. The second kappa shape index (κ2) is 8.45. The minimum Gasteiger partial charge on any atom is -0.352 e. The molecule has 148 valence electrons. The Labute approximate surface area is 157 Å². The standard InChI is InChI=1S/C19H25F2N3O3/c1-4-5-6-7-12(2)22-16(25)11-24-17(26)19(3,23-18(24)27)14-10-13(20)8-9-15(14)21/h8-10,12H,4-7,11H2,1-3H3,(H,22,25)(H,23,27). The number of nitrogens with zero attached hydrogens (tertiary/aromatic N) is 1. The summed E-state index contributed by atoms with van der Waals surface area (Å²) in [7, 11) is 0. The molecule has 27 heavy (non-hydrogen) atoms. The lowest BCUT2D eigenvalue weighted by Crippen LogP contribution is -2.45. The van der Waals surface area contributed by atoms with Crippen molar-refractivity contribution in [1.82, 2.24) is 15.5 Å². The number of halogens is 2. The molecular formula is C19H25F2N3O3. The monoisotopic (exact) mass is 381 g/mol. The second-order valence-electron chi connectivity index (χ2n) is 7.03. The molecule has 8 heteroatoms. The molecule has 2 rings (SSSR count). The SMILES string of the molecule is CCCCCC(C)NC(=O)CN1C(=O)NC(C)(c2cc(F)ccc2F)C1=O. The molecule has 1 saturated heterocycles. The fraction of sp³-hybridized carbons (Fsp3) is 0.526. The van der Waals surface area contributed by atoms with Gasteiger partial charge >= 0.3 is 6.03 Å². The van der Waals surface area contributed by atoms with Gasteiger partial charge in [0.2, 0.25) is 5.91 Å². The van der Waals surface area contributed by atoms with Crippen LogP contribution in [-0.2, 0) is 15.1 Å². The van der Waals surface area contributed by atoms with Gasteiger partial charge in [0.1, 0.15) is 23.7 Å². The quantitative estimate of drug-likeness (QED) is 0.537. The summed E-state index contributed by atoms with van der Waals surface area (Å²) in [6.07, 6.45) is 3.90. The lowest BCUT2D eigenvalue weighted by Gasteiger charge is -2.23. The van der Waals surface area contributed by atoms with Crippen molar-refractivity contribution in [3.63, 3.8) is 0 Å². The number of imide groups is 1. The number of carbonyl (C=O) groups is 3. The van der Waals surface area contributed by atoms with Gasteiger partial charge in [-0.2, -0.15) is 0 Å². The van der Waals surface area contributed by atoms with Crippen molar-refractivity contribution in [3.8, 4) is 0 Å². The maximum Gasteiger partial charge on any atom is 0.325 e. The second-order valence-corrected chi connectivity index (χ2v) is 7.03. The van der Waals surface area contributed by atoms with Gasteiger partial charge in [0.25, 0.3) is 5.91 Å². The fourth-order valence-corrected chi connectivity index (χ4v) is 3.14. The van der Waals surface area contributed by atoms with Crippen LogP contribution in [0.3, 0.4) is 0 Å². The van der Waals surface area contributed by atoms with E-state index in [2.05, 4.69) is 17.6 Å². The predicted molar refractivity (Wildman–Crippen MR) is 95.7 cm³/mol. The van der Waals surface area contributed by atoms with Crippen LogP contribution < -0.4 is 10.6 Å². The van der Waals surface area contributed by atoms with Crippen LogP contribution in [-0.4, -0.2) is 35.3 Å². The lowest BCUT2D eigenvalue weighted by molar-refractivity contribution is -0.135. The first-order chi connectivity index (χ1) is 12.7. The smallest absolute Gasteiger partial charge is 0.325 e.